The minimum Gasteiger partial charge on any atom is -0.497 e. The minimum absolute atomic E-state index is 0.783. The van der Waals surface area contributed by atoms with Crippen molar-refractivity contribution in [3.8, 4) is 11.5 Å². The lowest BCUT2D eigenvalue weighted by Crippen LogP contribution is -2.14. The number of rotatable bonds is 7. The maximum atomic E-state index is 5.29. The Bertz CT molecular complexity index is 559. The van der Waals surface area contributed by atoms with Crippen molar-refractivity contribution < 1.29 is 9.47 Å². The topological polar surface area (TPSA) is 30.5 Å². The summed E-state index contributed by atoms with van der Waals surface area (Å²) in [5.74, 6) is 1.64. The fourth-order valence-corrected chi connectivity index (χ4v) is 2.38. The number of nitrogens with one attached hydrogen (secondary N) is 1. The van der Waals surface area contributed by atoms with E-state index in [4.69, 9.17) is 9.47 Å². The van der Waals surface area contributed by atoms with Gasteiger partial charge in [0.2, 0.25) is 0 Å². The Kier molecular flexibility index (Phi) is 5.64. The van der Waals surface area contributed by atoms with Crippen molar-refractivity contribution in [2.45, 2.75) is 26.4 Å². The molecule has 0 amide bonds. The molecule has 0 atom stereocenters. The van der Waals surface area contributed by atoms with Gasteiger partial charge in [-0.2, -0.15) is 0 Å². The Hall–Kier alpha value is -2.00. The quantitative estimate of drug-likeness (QED) is 0.844. The average Bonchev–Trinajstić information content (AvgIpc) is 2.54. The van der Waals surface area contributed by atoms with Crippen LogP contribution >= 0.6 is 0 Å². The third-order valence-electron chi connectivity index (χ3n) is 3.56. The third kappa shape index (κ3) is 4.23. The molecule has 2 aromatic carbocycles. The molecule has 21 heavy (non-hydrogen) atoms. The van der Waals surface area contributed by atoms with E-state index in [-0.39, 0.29) is 0 Å². The van der Waals surface area contributed by atoms with Gasteiger partial charge < -0.3 is 14.8 Å². The molecule has 0 bridgehead atoms. The van der Waals surface area contributed by atoms with Gasteiger partial charge in [-0.25, -0.2) is 0 Å². The van der Waals surface area contributed by atoms with Gasteiger partial charge in [-0.15, -0.1) is 0 Å². The normalized spacial score (nSPS) is 10.4. The number of aryl methyl sites for hydroxylation is 1. The number of hydrogen-bond donors (Lipinski definition) is 1. The van der Waals surface area contributed by atoms with Gasteiger partial charge in [0.25, 0.3) is 0 Å². The number of benzene rings is 2. The summed E-state index contributed by atoms with van der Waals surface area (Å²) in [6.07, 6.45) is 1.06. The van der Waals surface area contributed by atoms with Crippen LogP contribution in [0.2, 0.25) is 0 Å². The highest BCUT2D eigenvalue weighted by atomic mass is 16.5. The van der Waals surface area contributed by atoms with Gasteiger partial charge in [0.15, 0.2) is 0 Å². The molecule has 0 saturated heterocycles. The predicted molar refractivity (Wildman–Crippen MR) is 85.9 cm³/mol. The molecule has 0 aliphatic heterocycles. The van der Waals surface area contributed by atoms with Crippen LogP contribution in [-0.4, -0.2) is 14.2 Å². The third-order valence-corrected chi connectivity index (χ3v) is 3.56. The molecule has 0 aliphatic rings. The second-order valence-electron chi connectivity index (χ2n) is 4.95. The lowest BCUT2D eigenvalue weighted by Gasteiger charge is -2.11. The molecule has 0 aliphatic carbocycles. The summed E-state index contributed by atoms with van der Waals surface area (Å²) in [5, 5.41) is 3.48. The summed E-state index contributed by atoms with van der Waals surface area (Å²) >= 11 is 0. The van der Waals surface area contributed by atoms with Crippen molar-refractivity contribution >= 4 is 0 Å². The van der Waals surface area contributed by atoms with E-state index in [1.165, 1.54) is 11.1 Å². The van der Waals surface area contributed by atoms with E-state index < -0.39 is 0 Å². The van der Waals surface area contributed by atoms with E-state index in [0.717, 1.165) is 36.6 Å². The zero-order valence-electron chi connectivity index (χ0n) is 13.0. The van der Waals surface area contributed by atoms with E-state index in [9.17, 15) is 0 Å². The molecule has 0 unspecified atom stereocenters. The molecule has 0 radical (unpaired) electrons. The SMILES string of the molecule is CCc1ccccc1CNCc1cc(OC)cc(OC)c1. The van der Waals surface area contributed by atoms with Crippen molar-refractivity contribution in [3.05, 3.63) is 59.2 Å². The highest BCUT2D eigenvalue weighted by molar-refractivity contribution is 5.38. The average molecular weight is 285 g/mol. The Morgan fingerprint density at radius 1 is 0.857 bits per heavy atom. The molecule has 3 nitrogen and oxygen atoms in total. The molecule has 2 aromatic rings. The number of ether oxygens (including phenoxy) is 2. The van der Waals surface area contributed by atoms with E-state index in [0.29, 0.717) is 0 Å². The van der Waals surface area contributed by atoms with E-state index in [1.54, 1.807) is 14.2 Å². The van der Waals surface area contributed by atoms with Gasteiger partial charge >= 0.3 is 0 Å². The van der Waals surface area contributed by atoms with Crippen LogP contribution in [0.25, 0.3) is 0 Å². The molecule has 0 saturated carbocycles. The van der Waals surface area contributed by atoms with Crippen LogP contribution in [-0.2, 0) is 19.5 Å². The van der Waals surface area contributed by atoms with Crippen LogP contribution in [0.15, 0.2) is 42.5 Å². The summed E-state index contributed by atoms with van der Waals surface area (Å²) in [4.78, 5) is 0. The molecule has 3 heteroatoms. The first kappa shape index (κ1) is 15.4. The second-order valence-corrected chi connectivity index (χ2v) is 4.95. The van der Waals surface area contributed by atoms with E-state index in [1.807, 2.05) is 18.2 Å². The van der Waals surface area contributed by atoms with E-state index in [2.05, 4.69) is 36.5 Å². The van der Waals surface area contributed by atoms with Crippen LogP contribution in [0.3, 0.4) is 0 Å². The highest BCUT2D eigenvalue weighted by Gasteiger charge is 2.03. The first-order valence-corrected chi connectivity index (χ1v) is 7.26. The Morgan fingerprint density at radius 2 is 1.48 bits per heavy atom. The van der Waals surface area contributed by atoms with Crippen LogP contribution < -0.4 is 14.8 Å². The Labute approximate surface area is 126 Å². The fraction of sp³-hybridized carbons (Fsp3) is 0.333. The molecule has 1 N–H and O–H groups in total. The zero-order chi connectivity index (χ0) is 15.1. The number of methoxy groups -OCH3 is 2. The Balaban J connectivity index is 2.00. The maximum Gasteiger partial charge on any atom is 0.122 e. The fourth-order valence-electron chi connectivity index (χ4n) is 2.38. The van der Waals surface area contributed by atoms with Gasteiger partial charge in [-0.3, -0.25) is 0 Å². The lowest BCUT2D eigenvalue weighted by atomic mass is 10.1. The monoisotopic (exact) mass is 285 g/mol. The molecule has 0 heterocycles. The van der Waals surface area contributed by atoms with Crippen LogP contribution in [0.4, 0.5) is 0 Å². The molecular weight excluding hydrogens is 262 g/mol. The van der Waals surface area contributed by atoms with Crippen LogP contribution in [0.5, 0.6) is 11.5 Å². The van der Waals surface area contributed by atoms with Gasteiger partial charge in [0, 0.05) is 19.2 Å². The van der Waals surface area contributed by atoms with Crippen LogP contribution in [0, 0.1) is 0 Å². The smallest absolute Gasteiger partial charge is 0.122 e. The van der Waals surface area contributed by atoms with Gasteiger partial charge in [-0.05, 0) is 35.2 Å². The van der Waals surface area contributed by atoms with Gasteiger partial charge in [0.05, 0.1) is 14.2 Å². The summed E-state index contributed by atoms with van der Waals surface area (Å²) in [6.45, 7) is 3.83. The molecule has 0 aromatic heterocycles. The summed E-state index contributed by atoms with van der Waals surface area (Å²) in [5.41, 5.74) is 3.91. The molecule has 0 spiro atoms. The summed E-state index contributed by atoms with van der Waals surface area (Å²) in [6, 6.07) is 14.5. The first-order valence-electron chi connectivity index (χ1n) is 7.26. The standard InChI is InChI=1S/C18H23NO2/c1-4-15-7-5-6-8-16(15)13-19-12-14-9-17(20-2)11-18(10-14)21-3/h5-11,19H,4,12-13H2,1-3H3. The summed E-state index contributed by atoms with van der Waals surface area (Å²) in [7, 11) is 3.34. The summed E-state index contributed by atoms with van der Waals surface area (Å²) < 4.78 is 10.6. The molecular formula is C18H23NO2. The highest BCUT2D eigenvalue weighted by Crippen LogP contribution is 2.22. The van der Waals surface area contributed by atoms with Crippen LogP contribution in [0.1, 0.15) is 23.6 Å². The predicted octanol–water partition coefficient (Wildman–Crippen LogP) is 3.56. The molecule has 112 valence electrons. The Morgan fingerprint density at radius 3 is 2.05 bits per heavy atom. The zero-order valence-corrected chi connectivity index (χ0v) is 13.0. The molecule has 0 fully saturated rings. The lowest BCUT2D eigenvalue weighted by molar-refractivity contribution is 0.393. The second kappa shape index (κ2) is 7.70. The number of hydrogen-bond acceptors (Lipinski definition) is 3. The van der Waals surface area contributed by atoms with Gasteiger partial charge in [-0.1, -0.05) is 31.2 Å². The van der Waals surface area contributed by atoms with Crippen molar-refractivity contribution in [3.63, 3.8) is 0 Å². The van der Waals surface area contributed by atoms with Crippen molar-refractivity contribution in [2.75, 3.05) is 14.2 Å². The maximum absolute atomic E-state index is 5.29. The van der Waals surface area contributed by atoms with Gasteiger partial charge in [0.1, 0.15) is 11.5 Å². The molecule has 2 rings (SSSR count). The first-order chi connectivity index (χ1) is 10.3. The van der Waals surface area contributed by atoms with Crippen molar-refractivity contribution in [1.82, 2.24) is 5.32 Å². The van der Waals surface area contributed by atoms with E-state index >= 15 is 0 Å². The largest absolute Gasteiger partial charge is 0.497 e. The minimum atomic E-state index is 0.783. The van der Waals surface area contributed by atoms with Crippen molar-refractivity contribution in [2.24, 2.45) is 0 Å². The van der Waals surface area contributed by atoms with Crippen molar-refractivity contribution in [1.29, 1.82) is 0 Å².